The van der Waals surface area contributed by atoms with Crippen LogP contribution in [0.3, 0.4) is 0 Å². The summed E-state index contributed by atoms with van der Waals surface area (Å²) in [6, 6.07) is 5.86. The zero-order valence-electron chi connectivity index (χ0n) is 24.0. The van der Waals surface area contributed by atoms with Gasteiger partial charge in [-0.15, -0.1) is 0 Å². The van der Waals surface area contributed by atoms with Crippen LogP contribution >= 0.6 is 0 Å². The molecule has 5 rings (SSSR count). The summed E-state index contributed by atoms with van der Waals surface area (Å²) in [5.74, 6) is 1.45. The van der Waals surface area contributed by atoms with Crippen molar-refractivity contribution >= 4 is 11.7 Å². The second-order valence-electron chi connectivity index (χ2n) is 11.3. The lowest BCUT2D eigenvalue weighted by atomic mass is 9.90. The topological polar surface area (TPSA) is 100 Å². The molecule has 1 fully saturated rings. The monoisotopic (exact) mass is 541 g/mol. The van der Waals surface area contributed by atoms with E-state index in [2.05, 4.69) is 38.7 Å². The number of rotatable bonds is 9. The molecule has 1 aromatic carbocycles. The van der Waals surface area contributed by atoms with Crippen LogP contribution in [0.4, 0.5) is 5.95 Å². The summed E-state index contributed by atoms with van der Waals surface area (Å²) in [6.07, 6.45) is 6.67. The number of ether oxygens (including phenoxy) is 1. The summed E-state index contributed by atoms with van der Waals surface area (Å²) in [4.78, 5) is 40.7. The molecule has 0 bridgehead atoms. The highest BCUT2D eigenvalue weighted by Crippen LogP contribution is 2.45. The Morgan fingerprint density at radius 3 is 2.55 bits per heavy atom. The minimum absolute atomic E-state index is 0.00578. The zero-order valence-corrected chi connectivity index (χ0v) is 24.0. The minimum atomic E-state index is -0.551. The molecule has 40 heavy (non-hydrogen) atoms. The molecule has 0 aliphatic carbocycles. The van der Waals surface area contributed by atoms with E-state index in [0.717, 1.165) is 78.3 Å². The second-order valence-corrected chi connectivity index (χ2v) is 11.3. The van der Waals surface area contributed by atoms with E-state index < -0.39 is 5.60 Å². The summed E-state index contributed by atoms with van der Waals surface area (Å²) in [5, 5.41) is 3.35. The predicted molar refractivity (Wildman–Crippen MR) is 159 cm³/mol. The number of fused-ring (bicyclic) bond motifs is 1. The van der Waals surface area contributed by atoms with Crippen molar-refractivity contribution in [2.75, 3.05) is 31.1 Å². The van der Waals surface area contributed by atoms with E-state index in [-0.39, 0.29) is 17.8 Å². The lowest BCUT2D eigenvalue weighted by molar-refractivity contribution is 0.0982. The number of hydrogen-bond acceptors (Lipinski definition) is 7. The first-order chi connectivity index (χ1) is 19.2. The summed E-state index contributed by atoms with van der Waals surface area (Å²) in [7, 11) is 0. The van der Waals surface area contributed by atoms with Crippen LogP contribution in [-0.4, -0.2) is 52.5 Å². The SMILES string of the molecule is C=C(C)C1(C)Cc2cc(C(=O)CCc3c(CCC)cc(C)[nH]c3=O)cc(-c3cnc(N4CCNCC4)nc3)c2O1. The maximum atomic E-state index is 13.6. The fourth-order valence-electron chi connectivity index (χ4n) is 5.60. The average Bonchev–Trinajstić information content (AvgIpc) is 3.30. The van der Waals surface area contributed by atoms with Crippen molar-refractivity contribution < 1.29 is 9.53 Å². The van der Waals surface area contributed by atoms with Gasteiger partial charge in [0, 0.05) is 79.4 Å². The van der Waals surface area contributed by atoms with Crippen molar-refractivity contribution in [1.82, 2.24) is 20.3 Å². The van der Waals surface area contributed by atoms with Crippen LogP contribution in [0, 0.1) is 6.92 Å². The predicted octanol–water partition coefficient (Wildman–Crippen LogP) is 4.59. The van der Waals surface area contributed by atoms with Gasteiger partial charge in [0.15, 0.2) is 5.78 Å². The lowest BCUT2D eigenvalue weighted by Gasteiger charge is -2.27. The van der Waals surface area contributed by atoms with Gasteiger partial charge < -0.3 is 19.9 Å². The van der Waals surface area contributed by atoms with E-state index >= 15 is 0 Å². The number of H-pyrrole nitrogens is 1. The summed E-state index contributed by atoms with van der Waals surface area (Å²) >= 11 is 0. The van der Waals surface area contributed by atoms with Crippen LogP contribution in [0.15, 0.2) is 47.5 Å². The van der Waals surface area contributed by atoms with E-state index in [9.17, 15) is 9.59 Å². The number of nitrogens with zero attached hydrogens (tertiary/aromatic N) is 3. The molecule has 3 aromatic rings. The van der Waals surface area contributed by atoms with Gasteiger partial charge in [-0.1, -0.05) is 19.9 Å². The van der Waals surface area contributed by atoms with Gasteiger partial charge in [0.25, 0.3) is 5.56 Å². The Balaban J connectivity index is 1.46. The van der Waals surface area contributed by atoms with Crippen LogP contribution in [0.2, 0.25) is 0 Å². The number of ketones is 1. The molecule has 2 aliphatic rings. The molecular weight excluding hydrogens is 502 g/mol. The maximum Gasteiger partial charge on any atom is 0.251 e. The van der Waals surface area contributed by atoms with Gasteiger partial charge in [-0.05, 0) is 68.5 Å². The number of nitrogens with one attached hydrogen (secondary N) is 2. The van der Waals surface area contributed by atoms with Crippen LogP contribution in [-0.2, 0) is 19.3 Å². The molecule has 0 radical (unpaired) electrons. The largest absolute Gasteiger partial charge is 0.482 e. The van der Waals surface area contributed by atoms with Gasteiger partial charge in [-0.2, -0.15) is 0 Å². The number of carbonyl (C=O) groups is 1. The standard InChI is InChI=1S/C32H39N5O3/c1-6-7-22-14-21(4)36-30(39)26(22)8-9-28(38)23-15-24-17-32(5,20(2)3)40-29(24)27(16-23)25-18-34-31(35-19-25)37-12-10-33-11-13-37/h14-16,18-19,33H,2,6-13,17H2,1,3-5H3,(H,36,39). The van der Waals surface area contributed by atoms with Gasteiger partial charge in [0.05, 0.1) is 0 Å². The number of aromatic nitrogens is 3. The first kappa shape index (κ1) is 27.8. The number of aryl methyl sites for hydroxylation is 2. The lowest BCUT2D eigenvalue weighted by Crippen LogP contribution is -2.44. The Hall–Kier alpha value is -3.78. The molecule has 2 aromatic heterocycles. The Bertz CT molecular complexity index is 1490. The molecule has 0 saturated carbocycles. The number of aromatic amines is 1. The van der Waals surface area contributed by atoms with Crippen molar-refractivity contribution in [2.45, 2.75) is 65.4 Å². The number of carbonyl (C=O) groups excluding carboxylic acids is 1. The van der Waals surface area contributed by atoms with Crippen LogP contribution < -0.4 is 20.5 Å². The second kappa shape index (κ2) is 11.4. The van der Waals surface area contributed by atoms with Crippen molar-refractivity contribution in [3.05, 3.63) is 81.0 Å². The number of hydrogen-bond donors (Lipinski definition) is 2. The van der Waals surface area contributed by atoms with E-state index in [1.54, 1.807) is 0 Å². The van der Waals surface area contributed by atoms with E-state index in [1.807, 2.05) is 51.4 Å². The molecule has 2 N–H and O–H groups in total. The quantitative estimate of drug-likeness (QED) is 0.302. The highest BCUT2D eigenvalue weighted by Gasteiger charge is 2.38. The van der Waals surface area contributed by atoms with Gasteiger partial charge in [-0.3, -0.25) is 9.59 Å². The third-order valence-corrected chi connectivity index (χ3v) is 8.08. The van der Waals surface area contributed by atoms with Crippen LogP contribution in [0.25, 0.3) is 11.1 Å². The molecule has 1 unspecified atom stereocenters. The first-order valence-electron chi connectivity index (χ1n) is 14.2. The average molecular weight is 542 g/mol. The molecule has 0 spiro atoms. The molecule has 1 saturated heterocycles. The zero-order chi connectivity index (χ0) is 28.4. The molecule has 1 atom stereocenters. The van der Waals surface area contributed by atoms with E-state index in [0.29, 0.717) is 29.9 Å². The van der Waals surface area contributed by atoms with Gasteiger partial charge >= 0.3 is 0 Å². The van der Waals surface area contributed by atoms with Crippen molar-refractivity contribution in [3.8, 4) is 16.9 Å². The number of benzene rings is 1. The molecule has 4 heterocycles. The van der Waals surface area contributed by atoms with Crippen molar-refractivity contribution in [1.29, 1.82) is 0 Å². The third-order valence-electron chi connectivity index (χ3n) is 8.08. The molecule has 0 amide bonds. The summed E-state index contributed by atoms with van der Waals surface area (Å²) in [6.45, 7) is 15.7. The van der Waals surface area contributed by atoms with Gasteiger partial charge in [-0.25, -0.2) is 9.97 Å². The number of pyridine rings is 1. The Labute approximate surface area is 235 Å². The first-order valence-corrected chi connectivity index (χ1v) is 14.2. The highest BCUT2D eigenvalue weighted by atomic mass is 16.5. The smallest absolute Gasteiger partial charge is 0.251 e. The Kier molecular flexibility index (Phi) is 7.90. The number of Topliss-reactive ketones (excluding diaryl/α,β-unsaturated/α-hetero) is 1. The fraction of sp³-hybridized carbons (Fsp3) is 0.438. The van der Waals surface area contributed by atoms with Gasteiger partial charge in [0.1, 0.15) is 11.4 Å². The van der Waals surface area contributed by atoms with Crippen LogP contribution in [0.5, 0.6) is 5.75 Å². The highest BCUT2D eigenvalue weighted by molar-refractivity contribution is 5.98. The van der Waals surface area contributed by atoms with E-state index in [1.165, 1.54) is 0 Å². The fourth-order valence-corrected chi connectivity index (χ4v) is 5.60. The van der Waals surface area contributed by atoms with E-state index in [4.69, 9.17) is 4.74 Å². The van der Waals surface area contributed by atoms with Crippen LogP contribution in [0.1, 0.15) is 66.4 Å². The molecule has 8 nitrogen and oxygen atoms in total. The minimum Gasteiger partial charge on any atom is -0.482 e. The summed E-state index contributed by atoms with van der Waals surface area (Å²) in [5.41, 5.74) is 6.03. The van der Waals surface area contributed by atoms with Gasteiger partial charge in [0.2, 0.25) is 5.95 Å². The van der Waals surface area contributed by atoms with Crippen molar-refractivity contribution in [3.63, 3.8) is 0 Å². The molecule has 210 valence electrons. The normalized spacial score (nSPS) is 18.4. The van der Waals surface area contributed by atoms with Crippen molar-refractivity contribution in [2.24, 2.45) is 0 Å². The molecular formula is C32H39N5O3. The maximum absolute atomic E-state index is 13.6. The molecule has 8 heteroatoms. The number of anilines is 1. The molecule has 2 aliphatic heterocycles. The number of piperazine rings is 1. The summed E-state index contributed by atoms with van der Waals surface area (Å²) < 4.78 is 6.49. The Morgan fingerprint density at radius 1 is 1.15 bits per heavy atom. The Morgan fingerprint density at radius 2 is 1.88 bits per heavy atom. The third kappa shape index (κ3) is 5.59.